The average Bonchev–Trinajstić information content (AvgIpc) is 2.62. The van der Waals surface area contributed by atoms with Crippen molar-refractivity contribution in [3.05, 3.63) is 36.7 Å². The van der Waals surface area contributed by atoms with Gasteiger partial charge in [-0.05, 0) is 30.7 Å². The Morgan fingerprint density at radius 3 is 2.04 bits per heavy atom. The molecule has 4 heteroatoms. The highest BCUT2D eigenvalue weighted by atomic mass is 16.5. The minimum absolute atomic E-state index is 0.0732. The van der Waals surface area contributed by atoms with E-state index in [1.807, 2.05) is 24.3 Å². The van der Waals surface area contributed by atoms with Crippen LogP contribution in [0.4, 0.5) is 0 Å². The van der Waals surface area contributed by atoms with Gasteiger partial charge in [-0.15, -0.1) is 0 Å². The predicted molar refractivity (Wildman–Crippen MR) is 97.2 cm³/mol. The normalized spacial score (nSPS) is 10.7. The molecule has 0 saturated heterocycles. The Kier molecular flexibility index (Phi) is 8.08. The van der Waals surface area contributed by atoms with Gasteiger partial charge in [0.25, 0.3) is 0 Å². The highest BCUT2D eigenvalue weighted by Crippen LogP contribution is 2.20. The second kappa shape index (κ2) is 10.6. The molecule has 130 valence electrons. The van der Waals surface area contributed by atoms with E-state index in [0.717, 1.165) is 24.3 Å². The fraction of sp³-hybridized carbons (Fsp3) is 0.500. The molecule has 0 aliphatic carbocycles. The molecule has 1 N–H and O–H groups in total. The SMILES string of the molecule is CCCCCCCCCCOc1ccc(-c2ncc(O)cn2)cc1. The van der Waals surface area contributed by atoms with Crippen LogP contribution in [0.1, 0.15) is 58.3 Å². The van der Waals surface area contributed by atoms with Gasteiger partial charge >= 0.3 is 0 Å². The predicted octanol–water partition coefficient (Wildman–Crippen LogP) is 5.37. The van der Waals surface area contributed by atoms with Crippen LogP contribution in [0, 0.1) is 0 Å². The van der Waals surface area contributed by atoms with Crippen LogP contribution < -0.4 is 4.74 Å². The van der Waals surface area contributed by atoms with Gasteiger partial charge in [0, 0.05) is 5.56 Å². The van der Waals surface area contributed by atoms with E-state index in [0.29, 0.717) is 5.82 Å². The lowest BCUT2D eigenvalue weighted by atomic mass is 10.1. The van der Waals surface area contributed by atoms with Crippen molar-refractivity contribution in [2.45, 2.75) is 58.3 Å². The molecule has 4 nitrogen and oxygen atoms in total. The summed E-state index contributed by atoms with van der Waals surface area (Å²) in [4.78, 5) is 8.20. The summed E-state index contributed by atoms with van der Waals surface area (Å²) in [5, 5.41) is 9.22. The Bertz CT molecular complexity index is 567. The number of rotatable bonds is 11. The molecule has 0 spiro atoms. The van der Waals surface area contributed by atoms with Crippen molar-refractivity contribution >= 4 is 0 Å². The molecule has 0 aliphatic rings. The molecule has 0 unspecified atom stereocenters. The second-order valence-corrected chi connectivity index (χ2v) is 6.11. The number of aromatic hydroxyl groups is 1. The van der Waals surface area contributed by atoms with E-state index in [1.54, 1.807) is 0 Å². The number of aromatic nitrogens is 2. The van der Waals surface area contributed by atoms with Gasteiger partial charge < -0.3 is 9.84 Å². The van der Waals surface area contributed by atoms with E-state index < -0.39 is 0 Å². The third-order valence-electron chi connectivity index (χ3n) is 4.02. The van der Waals surface area contributed by atoms with Gasteiger partial charge in [-0.1, -0.05) is 51.9 Å². The Labute approximate surface area is 144 Å². The number of nitrogens with zero attached hydrogens (tertiary/aromatic N) is 2. The molecule has 0 bridgehead atoms. The maximum absolute atomic E-state index is 9.22. The zero-order valence-electron chi connectivity index (χ0n) is 14.6. The molecule has 0 aliphatic heterocycles. The van der Waals surface area contributed by atoms with Crippen molar-refractivity contribution in [3.63, 3.8) is 0 Å². The van der Waals surface area contributed by atoms with Gasteiger partial charge in [0.15, 0.2) is 11.6 Å². The van der Waals surface area contributed by atoms with Crippen LogP contribution in [0.5, 0.6) is 11.5 Å². The Balaban J connectivity index is 1.63. The smallest absolute Gasteiger partial charge is 0.159 e. The lowest BCUT2D eigenvalue weighted by Gasteiger charge is -2.07. The number of benzene rings is 1. The zero-order chi connectivity index (χ0) is 17.0. The van der Waals surface area contributed by atoms with Gasteiger partial charge in [-0.3, -0.25) is 0 Å². The highest BCUT2D eigenvalue weighted by molar-refractivity contribution is 5.56. The monoisotopic (exact) mass is 328 g/mol. The number of hydrogen-bond donors (Lipinski definition) is 1. The van der Waals surface area contributed by atoms with Crippen LogP contribution in [0.25, 0.3) is 11.4 Å². The van der Waals surface area contributed by atoms with E-state index in [2.05, 4.69) is 16.9 Å². The molecule has 1 aromatic heterocycles. The fourth-order valence-electron chi connectivity index (χ4n) is 2.60. The standard InChI is InChI=1S/C20H28N2O2/c1-2-3-4-5-6-7-8-9-14-24-19-12-10-17(11-13-19)20-21-15-18(23)16-22-20/h10-13,15-16,23H,2-9,14H2,1H3. The molecule has 0 fully saturated rings. The van der Waals surface area contributed by atoms with Crippen molar-refractivity contribution in [2.24, 2.45) is 0 Å². The zero-order valence-corrected chi connectivity index (χ0v) is 14.6. The van der Waals surface area contributed by atoms with Crippen molar-refractivity contribution < 1.29 is 9.84 Å². The molecule has 2 aromatic rings. The molecule has 1 aromatic carbocycles. The van der Waals surface area contributed by atoms with Crippen LogP contribution in [0.3, 0.4) is 0 Å². The highest BCUT2D eigenvalue weighted by Gasteiger charge is 2.02. The van der Waals surface area contributed by atoms with Gasteiger partial charge in [-0.25, -0.2) is 9.97 Å². The van der Waals surface area contributed by atoms with Crippen LogP contribution in [-0.4, -0.2) is 21.7 Å². The van der Waals surface area contributed by atoms with E-state index >= 15 is 0 Å². The molecule has 1 heterocycles. The molecule has 24 heavy (non-hydrogen) atoms. The minimum atomic E-state index is 0.0732. The summed E-state index contributed by atoms with van der Waals surface area (Å²) in [5.41, 5.74) is 0.912. The average molecular weight is 328 g/mol. The summed E-state index contributed by atoms with van der Waals surface area (Å²) in [6, 6.07) is 7.76. The van der Waals surface area contributed by atoms with Crippen molar-refractivity contribution in [2.75, 3.05) is 6.61 Å². The molecule has 2 rings (SSSR count). The van der Waals surface area contributed by atoms with Crippen LogP contribution in [0.2, 0.25) is 0 Å². The lowest BCUT2D eigenvalue weighted by molar-refractivity contribution is 0.304. The third kappa shape index (κ3) is 6.57. The maximum Gasteiger partial charge on any atom is 0.159 e. The molecule has 0 radical (unpaired) electrons. The van der Waals surface area contributed by atoms with E-state index in [-0.39, 0.29) is 5.75 Å². The first kappa shape index (κ1) is 18.2. The van der Waals surface area contributed by atoms with Crippen LogP contribution in [-0.2, 0) is 0 Å². The Hall–Kier alpha value is -2.10. The van der Waals surface area contributed by atoms with Gasteiger partial charge in [0.1, 0.15) is 5.75 Å². The minimum Gasteiger partial charge on any atom is -0.505 e. The molecular formula is C20H28N2O2. The summed E-state index contributed by atoms with van der Waals surface area (Å²) in [6.07, 6.45) is 13.2. The molecule has 0 saturated carbocycles. The lowest BCUT2D eigenvalue weighted by Crippen LogP contribution is -1.97. The summed E-state index contributed by atoms with van der Waals surface area (Å²) < 4.78 is 5.78. The first-order chi connectivity index (χ1) is 11.8. The maximum atomic E-state index is 9.22. The number of ether oxygens (including phenoxy) is 1. The van der Waals surface area contributed by atoms with Gasteiger partial charge in [-0.2, -0.15) is 0 Å². The van der Waals surface area contributed by atoms with Crippen LogP contribution in [0.15, 0.2) is 36.7 Å². The first-order valence-electron chi connectivity index (χ1n) is 9.04. The quantitative estimate of drug-likeness (QED) is 0.563. The number of unbranched alkanes of at least 4 members (excludes halogenated alkanes) is 7. The summed E-state index contributed by atoms with van der Waals surface area (Å²) in [5.74, 6) is 1.55. The third-order valence-corrected chi connectivity index (χ3v) is 4.02. The molecule has 0 atom stereocenters. The summed E-state index contributed by atoms with van der Waals surface area (Å²) in [6.45, 7) is 3.02. The molecular weight excluding hydrogens is 300 g/mol. The second-order valence-electron chi connectivity index (χ2n) is 6.11. The fourth-order valence-corrected chi connectivity index (χ4v) is 2.60. The summed E-state index contributed by atoms with van der Waals surface area (Å²) in [7, 11) is 0. The first-order valence-corrected chi connectivity index (χ1v) is 9.04. The molecule has 0 amide bonds. The van der Waals surface area contributed by atoms with Crippen molar-refractivity contribution in [1.82, 2.24) is 9.97 Å². The van der Waals surface area contributed by atoms with Crippen molar-refractivity contribution in [1.29, 1.82) is 0 Å². The van der Waals surface area contributed by atoms with Crippen LogP contribution >= 0.6 is 0 Å². The van der Waals surface area contributed by atoms with E-state index in [4.69, 9.17) is 4.74 Å². The Morgan fingerprint density at radius 1 is 0.833 bits per heavy atom. The summed E-state index contributed by atoms with van der Waals surface area (Å²) >= 11 is 0. The Morgan fingerprint density at radius 2 is 1.42 bits per heavy atom. The van der Waals surface area contributed by atoms with E-state index in [1.165, 1.54) is 57.3 Å². The van der Waals surface area contributed by atoms with Crippen molar-refractivity contribution in [3.8, 4) is 22.9 Å². The topological polar surface area (TPSA) is 55.2 Å². The number of hydrogen-bond acceptors (Lipinski definition) is 4. The largest absolute Gasteiger partial charge is 0.505 e. The van der Waals surface area contributed by atoms with Gasteiger partial charge in [0.2, 0.25) is 0 Å². The van der Waals surface area contributed by atoms with E-state index in [9.17, 15) is 5.11 Å². The van der Waals surface area contributed by atoms with Gasteiger partial charge in [0.05, 0.1) is 19.0 Å².